The van der Waals surface area contributed by atoms with Gasteiger partial charge in [-0.1, -0.05) is 42.5 Å². The molecule has 2 unspecified atom stereocenters. The molecular formula is C18H18NO4P. The van der Waals surface area contributed by atoms with E-state index >= 15 is 0 Å². The second-order valence-corrected chi connectivity index (χ2v) is 8.22. The van der Waals surface area contributed by atoms with Gasteiger partial charge in [-0.2, -0.15) is 0 Å². The molecule has 0 aliphatic heterocycles. The third-order valence-corrected chi connectivity index (χ3v) is 5.84. The van der Waals surface area contributed by atoms with Crippen LogP contribution in [0, 0.1) is 0 Å². The summed E-state index contributed by atoms with van der Waals surface area (Å²) in [6.45, 7) is 0. The van der Waals surface area contributed by atoms with Gasteiger partial charge in [0.15, 0.2) is 0 Å². The van der Waals surface area contributed by atoms with Gasteiger partial charge >= 0.3 is 5.97 Å². The van der Waals surface area contributed by atoms with Crippen LogP contribution in [-0.2, 0) is 15.5 Å². The molecule has 1 aromatic heterocycles. The van der Waals surface area contributed by atoms with Gasteiger partial charge in [-0.15, -0.1) is 0 Å². The first-order valence-electron chi connectivity index (χ1n) is 7.60. The largest absolute Gasteiger partial charge is 0.481 e. The van der Waals surface area contributed by atoms with Crippen LogP contribution >= 0.6 is 7.37 Å². The minimum absolute atomic E-state index is 0.0429. The second kappa shape index (κ2) is 6.63. The van der Waals surface area contributed by atoms with E-state index in [1.54, 1.807) is 42.6 Å². The molecule has 0 aliphatic rings. The van der Waals surface area contributed by atoms with Gasteiger partial charge in [0.1, 0.15) is 0 Å². The van der Waals surface area contributed by atoms with Gasteiger partial charge in [-0.25, -0.2) is 0 Å². The number of aliphatic carboxylic acids is 1. The minimum atomic E-state index is -3.66. The molecule has 0 amide bonds. The lowest BCUT2D eigenvalue weighted by molar-refractivity contribution is -0.138. The zero-order chi connectivity index (χ0) is 17.2. The van der Waals surface area contributed by atoms with Crippen LogP contribution in [0.3, 0.4) is 0 Å². The van der Waals surface area contributed by atoms with Gasteiger partial charge in [0.25, 0.3) is 0 Å². The molecule has 0 bridgehead atoms. The van der Waals surface area contributed by atoms with Crippen molar-refractivity contribution in [3.8, 4) is 0 Å². The number of carboxylic acid groups (broad SMARTS) is 1. The number of carbonyl (C=O) groups is 1. The quantitative estimate of drug-likeness (QED) is 0.594. The van der Waals surface area contributed by atoms with E-state index in [0.29, 0.717) is 5.56 Å². The Bertz CT molecular complexity index is 904. The molecule has 3 rings (SSSR count). The Morgan fingerprint density at radius 1 is 1.08 bits per heavy atom. The molecule has 3 N–H and O–H groups in total. The molecule has 0 saturated heterocycles. The molecule has 0 saturated carbocycles. The molecule has 0 fully saturated rings. The smallest absolute Gasteiger partial charge is 0.311 e. The summed E-state index contributed by atoms with van der Waals surface area (Å²) in [6, 6.07) is 16.0. The van der Waals surface area contributed by atoms with E-state index in [1.807, 2.05) is 18.2 Å². The Morgan fingerprint density at radius 3 is 2.54 bits per heavy atom. The number of hydrogen-bond donors (Lipinski definition) is 3. The summed E-state index contributed by atoms with van der Waals surface area (Å²) >= 11 is 0. The van der Waals surface area contributed by atoms with Gasteiger partial charge in [0, 0.05) is 23.3 Å². The van der Waals surface area contributed by atoms with Crippen LogP contribution in [0.25, 0.3) is 10.9 Å². The van der Waals surface area contributed by atoms with E-state index in [1.165, 1.54) is 0 Å². The fourth-order valence-corrected chi connectivity index (χ4v) is 4.79. The van der Waals surface area contributed by atoms with Crippen LogP contribution < -0.4 is 0 Å². The first-order valence-corrected chi connectivity index (χ1v) is 9.63. The number of aromatic amines is 1. The second-order valence-electron chi connectivity index (χ2n) is 5.84. The van der Waals surface area contributed by atoms with Crippen molar-refractivity contribution in [3.63, 3.8) is 0 Å². The molecule has 24 heavy (non-hydrogen) atoms. The van der Waals surface area contributed by atoms with E-state index in [2.05, 4.69) is 4.98 Å². The highest BCUT2D eigenvalue weighted by molar-refractivity contribution is 7.57. The van der Waals surface area contributed by atoms with Crippen molar-refractivity contribution >= 4 is 24.2 Å². The molecule has 0 aliphatic carbocycles. The number of H-pyrrole nitrogens is 1. The average Bonchev–Trinajstić information content (AvgIpc) is 3.03. The average molecular weight is 343 g/mol. The lowest BCUT2D eigenvalue weighted by Crippen LogP contribution is -2.16. The summed E-state index contributed by atoms with van der Waals surface area (Å²) in [5.74, 6) is -2.08. The minimum Gasteiger partial charge on any atom is -0.481 e. The molecular weight excluding hydrogens is 325 g/mol. The lowest BCUT2D eigenvalue weighted by atomic mass is 10.0. The lowest BCUT2D eigenvalue weighted by Gasteiger charge is -2.18. The summed E-state index contributed by atoms with van der Waals surface area (Å²) in [5, 5.41) is 10.3. The summed E-state index contributed by atoms with van der Waals surface area (Å²) in [5.41, 5.74) is 2.18. The fourth-order valence-electron chi connectivity index (χ4n) is 2.92. The van der Waals surface area contributed by atoms with Gasteiger partial charge < -0.3 is 15.0 Å². The first-order chi connectivity index (χ1) is 11.5. The number of nitrogens with one attached hydrogen (secondary N) is 1. The molecule has 0 spiro atoms. The number of aromatic nitrogens is 1. The van der Waals surface area contributed by atoms with E-state index in [0.717, 1.165) is 16.5 Å². The zero-order valence-electron chi connectivity index (χ0n) is 12.9. The van der Waals surface area contributed by atoms with Crippen molar-refractivity contribution in [2.75, 3.05) is 6.16 Å². The highest BCUT2D eigenvalue weighted by Crippen LogP contribution is 2.49. The third kappa shape index (κ3) is 3.58. The van der Waals surface area contributed by atoms with Gasteiger partial charge in [0.05, 0.1) is 12.1 Å². The van der Waals surface area contributed by atoms with Crippen molar-refractivity contribution in [2.24, 2.45) is 0 Å². The molecule has 5 nitrogen and oxygen atoms in total. The van der Waals surface area contributed by atoms with Crippen molar-refractivity contribution in [2.45, 2.75) is 12.1 Å². The number of hydrogen-bond acceptors (Lipinski definition) is 2. The van der Waals surface area contributed by atoms with Crippen LogP contribution in [-0.4, -0.2) is 27.1 Å². The summed E-state index contributed by atoms with van der Waals surface area (Å²) in [4.78, 5) is 25.1. The van der Waals surface area contributed by atoms with Gasteiger partial charge in [0.2, 0.25) is 7.37 Å². The highest BCUT2D eigenvalue weighted by atomic mass is 31.2. The predicted octanol–water partition coefficient (Wildman–Crippen LogP) is 3.81. The van der Waals surface area contributed by atoms with Crippen molar-refractivity contribution in [1.29, 1.82) is 0 Å². The standard InChI is InChI=1S/C18H18NO4P/c20-18(21)16(13-5-2-1-3-6-13)12-24(22,23)11-14-7-4-8-17-15(14)9-10-19-17/h1-10,16,19H,11-12H2,(H,20,21)(H,22,23). The molecule has 1 heterocycles. The summed E-state index contributed by atoms with van der Waals surface area (Å²) < 4.78 is 12.7. The Morgan fingerprint density at radius 2 is 1.83 bits per heavy atom. The number of rotatable bonds is 6. The molecule has 124 valence electrons. The van der Waals surface area contributed by atoms with Gasteiger partial charge in [-0.05, 0) is 23.3 Å². The molecule has 3 aromatic rings. The normalized spacial score (nSPS) is 15.0. The van der Waals surface area contributed by atoms with E-state index in [4.69, 9.17) is 0 Å². The van der Waals surface area contributed by atoms with Crippen LogP contribution in [0.5, 0.6) is 0 Å². The maximum absolute atomic E-state index is 12.7. The summed E-state index contributed by atoms with van der Waals surface area (Å²) in [7, 11) is -3.66. The maximum Gasteiger partial charge on any atom is 0.311 e. The van der Waals surface area contributed by atoms with Crippen LogP contribution in [0.15, 0.2) is 60.8 Å². The third-order valence-electron chi connectivity index (χ3n) is 4.07. The fraction of sp³-hybridized carbons (Fsp3) is 0.167. The number of fused-ring (bicyclic) bond motifs is 1. The topological polar surface area (TPSA) is 90.4 Å². The Labute approximate surface area is 139 Å². The van der Waals surface area contributed by atoms with Crippen molar-refractivity contribution in [1.82, 2.24) is 4.98 Å². The van der Waals surface area contributed by atoms with Gasteiger partial charge in [-0.3, -0.25) is 9.36 Å². The van der Waals surface area contributed by atoms with E-state index in [-0.39, 0.29) is 12.3 Å². The Hall–Kier alpha value is -2.36. The van der Waals surface area contributed by atoms with Crippen LogP contribution in [0.1, 0.15) is 17.0 Å². The monoisotopic (exact) mass is 343 g/mol. The Kier molecular flexibility index (Phi) is 4.56. The first kappa shape index (κ1) is 16.5. The zero-order valence-corrected chi connectivity index (χ0v) is 13.8. The molecule has 0 radical (unpaired) electrons. The number of carboxylic acids is 1. The van der Waals surface area contributed by atoms with Crippen molar-refractivity contribution < 1.29 is 19.4 Å². The molecule has 2 aromatic carbocycles. The molecule has 6 heteroatoms. The molecule has 2 atom stereocenters. The van der Waals surface area contributed by atoms with E-state index in [9.17, 15) is 19.4 Å². The summed E-state index contributed by atoms with van der Waals surface area (Å²) in [6.07, 6.45) is 1.45. The SMILES string of the molecule is O=C(O)C(CP(=O)(O)Cc1cccc2[nH]ccc12)c1ccccc1. The highest BCUT2D eigenvalue weighted by Gasteiger charge is 2.30. The van der Waals surface area contributed by atoms with Crippen LogP contribution in [0.2, 0.25) is 0 Å². The Balaban J connectivity index is 1.86. The maximum atomic E-state index is 12.7. The van der Waals surface area contributed by atoms with Crippen LogP contribution in [0.4, 0.5) is 0 Å². The van der Waals surface area contributed by atoms with E-state index < -0.39 is 19.3 Å². The number of benzene rings is 2. The predicted molar refractivity (Wildman–Crippen MR) is 93.5 cm³/mol. The van der Waals surface area contributed by atoms with Crippen molar-refractivity contribution in [3.05, 3.63) is 71.9 Å².